The van der Waals surface area contributed by atoms with Crippen molar-refractivity contribution < 1.29 is 17.9 Å². The average Bonchev–Trinajstić information content (AvgIpc) is 2.45. The molecule has 0 saturated heterocycles. The summed E-state index contributed by atoms with van der Waals surface area (Å²) < 4.78 is 43.4. The Bertz CT molecular complexity index is 459. The van der Waals surface area contributed by atoms with E-state index in [-0.39, 0.29) is 17.5 Å². The van der Waals surface area contributed by atoms with Crippen LogP contribution in [0.25, 0.3) is 0 Å². The van der Waals surface area contributed by atoms with E-state index in [2.05, 4.69) is 10.3 Å². The van der Waals surface area contributed by atoms with E-state index >= 15 is 0 Å². The van der Waals surface area contributed by atoms with Crippen LogP contribution in [0.15, 0.2) is 12.3 Å². The fourth-order valence-electron chi connectivity index (χ4n) is 2.42. The van der Waals surface area contributed by atoms with Gasteiger partial charge in [-0.3, -0.25) is 0 Å². The lowest BCUT2D eigenvalue weighted by atomic mass is 9.98. The standard InChI is InChI=1S/C14H20F3N3O/c15-14(16,17)13-8-12(11(18)9-20-13)19-6-7-21-10-4-2-1-3-5-10/h8-10H,1-7,18H2,(H,19,20). The Morgan fingerprint density at radius 2 is 2.00 bits per heavy atom. The molecule has 0 amide bonds. The Morgan fingerprint density at radius 1 is 1.29 bits per heavy atom. The summed E-state index contributed by atoms with van der Waals surface area (Å²) in [6, 6.07) is 0.927. The second-order valence-corrected chi connectivity index (χ2v) is 5.21. The quantitative estimate of drug-likeness (QED) is 0.818. The molecule has 7 heteroatoms. The lowest BCUT2D eigenvalue weighted by molar-refractivity contribution is -0.141. The molecule has 0 unspecified atom stereocenters. The fraction of sp³-hybridized carbons (Fsp3) is 0.643. The highest BCUT2D eigenvalue weighted by atomic mass is 19.4. The summed E-state index contributed by atoms with van der Waals surface area (Å²) in [5, 5.41) is 2.88. The molecule has 0 aliphatic heterocycles. The summed E-state index contributed by atoms with van der Waals surface area (Å²) in [6.45, 7) is 0.871. The van der Waals surface area contributed by atoms with Crippen molar-refractivity contribution in [3.63, 3.8) is 0 Å². The monoisotopic (exact) mass is 303 g/mol. The minimum Gasteiger partial charge on any atom is -0.396 e. The number of hydrogen-bond donors (Lipinski definition) is 2. The maximum absolute atomic E-state index is 12.6. The molecule has 0 bridgehead atoms. The van der Waals surface area contributed by atoms with Gasteiger partial charge in [0.15, 0.2) is 0 Å². The summed E-state index contributed by atoms with van der Waals surface area (Å²) in [6.07, 6.45) is 2.59. The molecule has 1 aromatic heterocycles. The number of nitrogen functional groups attached to an aromatic ring is 1. The van der Waals surface area contributed by atoms with Gasteiger partial charge in [-0.15, -0.1) is 0 Å². The van der Waals surface area contributed by atoms with Crippen LogP contribution >= 0.6 is 0 Å². The highest BCUT2D eigenvalue weighted by Crippen LogP contribution is 2.31. The van der Waals surface area contributed by atoms with Gasteiger partial charge in [0.05, 0.1) is 30.3 Å². The highest BCUT2D eigenvalue weighted by molar-refractivity contribution is 5.65. The van der Waals surface area contributed by atoms with E-state index in [1.807, 2.05) is 0 Å². The Labute approximate surface area is 121 Å². The molecule has 21 heavy (non-hydrogen) atoms. The molecule has 1 aromatic rings. The molecule has 118 valence electrons. The second-order valence-electron chi connectivity index (χ2n) is 5.21. The Morgan fingerprint density at radius 3 is 2.67 bits per heavy atom. The number of alkyl halides is 3. The zero-order valence-electron chi connectivity index (χ0n) is 11.7. The molecule has 1 aliphatic carbocycles. The van der Waals surface area contributed by atoms with E-state index in [0.29, 0.717) is 13.2 Å². The number of nitrogens with zero attached hydrogens (tertiary/aromatic N) is 1. The molecule has 2 rings (SSSR count). The first-order valence-electron chi connectivity index (χ1n) is 7.15. The number of pyridine rings is 1. The number of rotatable bonds is 5. The van der Waals surface area contributed by atoms with Crippen LogP contribution in [0.1, 0.15) is 37.8 Å². The predicted octanol–water partition coefficient (Wildman–Crippen LogP) is 3.44. The van der Waals surface area contributed by atoms with Crippen LogP contribution < -0.4 is 11.1 Å². The smallest absolute Gasteiger partial charge is 0.396 e. The van der Waals surface area contributed by atoms with Gasteiger partial charge in [-0.1, -0.05) is 19.3 Å². The minimum absolute atomic E-state index is 0.195. The molecular formula is C14H20F3N3O. The molecule has 1 saturated carbocycles. The summed E-state index contributed by atoms with van der Waals surface area (Å²) in [5.74, 6) is 0. The van der Waals surface area contributed by atoms with Gasteiger partial charge in [0.1, 0.15) is 5.69 Å². The van der Waals surface area contributed by atoms with Gasteiger partial charge in [-0.2, -0.15) is 13.2 Å². The molecular weight excluding hydrogens is 283 g/mol. The van der Waals surface area contributed by atoms with E-state index in [1.165, 1.54) is 19.3 Å². The number of hydrogen-bond acceptors (Lipinski definition) is 4. The lowest BCUT2D eigenvalue weighted by Crippen LogP contribution is -2.21. The molecule has 0 atom stereocenters. The number of nitrogens with two attached hydrogens (primary N) is 1. The van der Waals surface area contributed by atoms with Gasteiger partial charge in [-0.25, -0.2) is 4.98 Å². The van der Waals surface area contributed by atoms with Gasteiger partial charge < -0.3 is 15.8 Å². The Kier molecular flexibility index (Phi) is 5.27. The van der Waals surface area contributed by atoms with Crippen molar-refractivity contribution in [2.75, 3.05) is 24.2 Å². The minimum atomic E-state index is -4.47. The third-order valence-corrected chi connectivity index (χ3v) is 3.55. The van der Waals surface area contributed by atoms with Gasteiger partial charge >= 0.3 is 6.18 Å². The van der Waals surface area contributed by atoms with Crippen molar-refractivity contribution in [3.8, 4) is 0 Å². The van der Waals surface area contributed by atoms with E-state index in [1.54, 1.807) is 0 Å². The van der Waals surface area contributed by atoms with Gasteiger partial charge in [0, 0.05) is 6.54 Å². The fourth-order valence-corrected chi connectivity index (χ4v) is 2.42. The van der Waals surface area contributed by atoms with Crippen molar-refractivity contribution >= 4 is 11.4 Å². The molecule has 0 radical (unpaired) electrons. The topological polar surface area (TPSA) is 60.2 Å². The van der Waals surface area contributed by atoms with E-state index < -0.39 is 11.9 Å². The van der Waals surface area contributed by atoms with E-state index in [4.69, 9.17) is 10.5 Å². The SMILES string of the molecule is Nc1cnc(C(F)(F)F)cc1NCCOC1CCCCC1. The number of aromatic nitrogens is 1. The van der Waals surface area contributed by atoms with Crippen LogP contribution in [-0.4, -0.2) is 24.2 Å². The summed E-state index contributed by atoms with van der Waals surface area (Å²) in [4.78, 5) is 3.29. The van der Waals surface area contributed by atoms with Crippen molar-refractivity contribution in [3.05, 3.63) is 18.0 Å². The Balaban J connectivity index is 1.82. The van der Waals surface area contributed by atoms with E-state index in [9.17, 15) is 13.2 Å². The first-order chi connectivity index (χ1) is 9.97. The zero-order chi connectivity index (χ0) is 15.3. The van der Waals surface area contributed by atoms with E-state index in [0.717, 1.165) is 25.1 Å². The lowest BCUT2D eigenvalue weighted by Gasteiger charge is -2.22. The number of ether oxygens (including phenoxy) is 1. The zero-order valence-corrected chi connectivity index (χ0v) is 11.7. The van der Waals surface area contributed by atoms with Gasteiger partial charge in [0.25, 0.3) is 0 Å². The number of nitrogens with one attached hydrogen (secondary N) is 1. The summed E-state index contributed by atoms with van der Waals surface area (Å²) >= 11 is 0. The summed E-state index contributed by atoms with van der Waals surface area (Å²) in [7, 11) is 0. The number of halogens is 3. The normalized spacial score (nSPS) is 16.9. The van der Waals surface area contributed by atoms with Crippen LogP contribution in [0.2, 0.25) is 0 Å². The Hall–Kier alpha value is -1.50. The van der Waals surface area contributed by atoms with Crippen LogP contribution in [0.4, 0.5) is 24.5 Å². The van der Waals surface area contributed by atoms with Crippen LogP contribution in [0.5, 0.6) is 0 Å². The first-order valence-corrected chi connectivity index (χ1v) is 7.15. The molecule has 1 aliphatic rings. The highest BCUT2D eigenvalue weighted by Gasteiger charge is 2.32. The molecule has 1 heterocycles. The average molecular weight is 303 g/mol. The molecule has 0 spiro atoms. The van der Waals surface area contributed by atoms with Gasteiger partial charge in [-0.05, 0) is 18.9 Å². The van der Waals surface area contributed by atoms with Crippen molar-refractivity contribution in [2.24, 2.45) is 0 Å². The van der Waals surface area contributed by atoms with Crippen molar-refractivity contribution in [1.82, 2.24) is 4.98 Å². The third-order valence-electron chi connectivity index (χ3n) is 3.55. The third kappa shape index (κ3) is 4.77. The molecule has 0 aromatic carbocycles. The largest absolute Gasteiger partial charge is 0.433 e. The number of anilines is 2. The van der Waals surface area contributed by atoms with Crippen LogP contribution in [0, 0.1) is 0 Å². The molecule has 4 nitrogen and oxygen atoms in total. The van der Waals surface area contributed by atoms with Crippen molar-refractivity contribution in [2.45, 2.75) is 44.4 Å². The van der Waals surface area contributed by atoms with Gasteiger partial charge in [0.2, 0.25) is 0 Å². The van der Waals surface area contributed by atoms with Crippen LogP contribution in [-0.2, 0) is 10.9 Å². The maximum atomic E-state index is 12.6. The molecule has 3 N–H and O–H groups in total. The predicted molar refractivity (Wildman–Crippen MR) is 75.0 cm³/mol. The van der Waals surface area contributed by atoms with Crippen molar-refractivity contribution in [1.29, 1.82) is 0 Å². The maximum Gasteiger partial charge on any atom is 0.433 e. The molecule has 1 fully saturated rings. The van der Waals surface area contributed by atoms with Crippen LogP contribution in [0.3, 0.4) is 0 Å². The summed E-state index contributed by atoms with van der Waals surface area (Å²) in [5.41, 5.74) is 5.11. The first kappa shape index (κ1) is 15.9. The second kappa shape index (κ2) is 6.98.